The average Bonchev–Trinajstić information content (AvgIpc) is 3.10. The van der Waals surface area contributed by atoms with Crippen LogP contribution in [0.1, 0.15) is 29.7 Å². The maximum atomic E-state index is 5.90. The Kier molecular flexibility index (Phi) is 3.99. The number of fused-ring (bicyclic) bond motifs is 1. The van der Waals surface area contributed by atoms with Crippen molar-refractivity contribution in [2.45, 2.75) is 19.5 Å². The average molecular weight is 329 g/mol. The molecule has 4 rings (SSSR count). The Morgan fingerprint density at radius 3 is 2.72 bits per heavy atom. The van der Waals surface area contributed by atoms with E-state index in [1.54, 1.807) is 6.20 Å². The number of nitrogens with one attached hydrogen (secondary N) is 1. The SMILES string of the molecule is CC(N)c1ccc(-c2nccc(Nc3ccc4c(c3)C=NC4)n2)cc1. The number of aromatic nitrogens is 2. The Bertz CT molecular complexity index is 929. The summed E-state index contributed by atoms with van der Waals surface area (Å²) in [5, 5.41) is 3.34. The van der Waals surface area contributed by atoms with Gasteiger partial charge in [-0.1, -0.05) is 30.3 Å². The molecule has 3 aromatic rings. The normalized spacial score (nSPS) is 13.5. The second kappa shape index (κ2) is 6.45. The summed E-state index contributed by atoms with van der Waals surface area (Å²) in [6, 6.07) is 16.2. The maximum Gasteiger partial charge on any atom is 0.161 e. The Labute approximate surface area is 146 Å². The van der Waals surface area contributed by atoms with E-state index in [4.69, 9.17) is 5.73 Å². The molecule has 0 saturated carbocycles. The van der Waals surface area contributed by atoms with Gasteiger partial charge in [-0.15, -0.1) is 0 Å². The van der Waals surface area contributed by atoms with Crippen molar-refractivity contribution in [1.82, 2.24) is 9.97 Å². The molecule has 5 nitrogen and oxygen atoms in total. The highest BCUT2D eigenvalue weighted by Gasteiger charge is 2.08. The van der Waals surface area contributed by atoms with Crippen molar-refractivity contribution in [3.05, 3.63) is 71.4 Å². The third-order valence-corrected chi connectivity index (χ3v) is 4.26. The summed E-state index contributed by atoms with van der Waals surface area (Å²) >= 11 is 0. The van der Waals surface area contributed by atoms with Crippen molar-refractivity contribution in [2.24, 2.45) is 10.7 Å². The molecule has 1 aromatic heterocycles. The zero-order valence-electron chi connectivity index (χ0n) is 14.0. The van der Waals surface area contributed by atoms with Gasteiger partial charge in [0.2, 0.25) is 0 Å². The van der Waals surface area contributed by atoms with Crippen LogP contribution in [0.3, 0.4) is 0 Å². The number of hydrogen-bond donors (Lipinski definition) is 2. The molecule has 3 N–H and O–H groups in total. The van der Waals surface area contributed by atoms with Gasteiger partial charge in [0.1, 0.15) is 5.82 Å². The third kappa shape index (κ3) is 3.27. The van der Waals surface area contributed by atoms with Gasteiger partial charge >= 0.3 is 0 Å². The molecule has 124 valence electrons. The van der Waals surface area contributed by atoms with E-state index in [9.17, 15) is 0 Å². The Hall–Kier alpha value is -3.05. The van der Waals surface area contributed by atoms with Gasteiger partial charge in [-0.3, -0.25) is 4.99 Å². The second-order valence-corrected chi connectivity index (χ2v) is 6.18. The van der Waals surface area contributed by atoms with E-state index >= 15 is 0 Å². The van der Waals surface area contributed by atoms with Crippen molar-refractivity contribution in [2.75, 3.05) is 5.32 Å². The topological polar surface area (TPSA) is 76.2 Å². The molecule has 5 heteroatoms. The number of aliphatic imine (C=N–C) groups is 1. The molecule has 2 heterocycles. The quantitative estimate of drug-likeness (QED) is 0.762. The fraction of sp³-hybridized carbons (Fsp3) is 0.150. The largest absolute Gasteiger partial charge is 0.340 e. The van der Waals surface area contributed by atoms with Crippen molar-refractivity contribution in [1.29, 1.82) is 0 Å². The molecular formula is C20H19N5. The Morgan fingerprint density at radius 1 is 1.08 bits per heavy atom. The molecule has 0 spiro atoms. The predicted molar refractivity (Wildman–Crippen MR) is 101 cm³/mol. The summed E-state index contributed by atoms with van der Waals surface area (Å²) < 4.78 is 0. The number of rotatable bonds is 4. The first-order chi connectivity index (χ1) is 12.2. The number of anilines is 2. The van der Waals surface area contributed by atoms with Crippen LogP contribution in [0.4, 0.5) is 11.5 Å². The van der Waals surface area contributed by atoms with E-state index in [0.717, 1.165) is 34.7 Å². The highest BCUT2D eigenvalue weighted by Crippen LogP contribution is 2.23. The predicted octanol–water partition coefficient (Wildman–Crippen LogP) is 3.84. The summed E-state index contributed by atoms with van der Waals surface area (Å²) in [5.74, 6) is 1.44. The van der Waals surface area contributed by atoms with Crippen molar-refractivity contribution >= 4 is 17.7 Å². The zero-order chi connectivity index (χ0) is 17.2. The summed E-state index contributed by atoms with van der Waals surface area (Å²) in [5.41, 5.74) is 11.4. The van der Waals surface area contributed by atoms with Crippen LogP contribution in [-0.2, 0) is 6.54 Å². The molecule has 0 amide bonds. The lowest BCUT2D eigenvalue weighted by Crippen LogP contribution is -2.04. The smallest absolute Gasteiger partial charge is 0.161 e. The Morgan fingerprint density at radius 2 is 1.92 bits per heavy atom. The van der Waals surface area contributed by atoms with E-state index in [1.807, 2.05) is 49.5 Å². The van der Waals surface area contributed by atoms with Gasteiger partial charge in [0.15, 0.2) is 5.82 Å². The van der Waals surface area contributed by atoms with Crippen LogP contribution in [0.2, 0.25) is 0 Å². The van der Waals surface area contributed by atoms with Gasteiger partial charge < -0.3 is 11.1 Å². The van der Waals surface area contributed by atoms with Crippen LogP contribution in [0.25, 0.3) is 11.4 Å². The van der Waals surface area contributed by atoms with Gasteiger partial charge in [-0.25, -0.2) is 9.97 Å². The summed E-state index contributed by atoms with van der Waals surface area (Å²) in [7, 11) is 0. The molecule has 1 aliphatic heterocycles. The van der Waals surface area contributed by atoms with Gasteiger partial charge in [-0.2, -0.15) is 0 Å². The summed E-state index contributed by atoms with van der Waals surface area (Å²) in [6.07, 6.45) is 3.67. The van der Waals surface area contributed by atoms with E-state index in [0.29, 0.717) is 5.82 Å². The first-order valence-electron chi connectivity index (χ1n) is 8.28. The molecule has 0 saturated heterocycles. The summed E-state index contributed by atoms with van der Waals surface area (Å²) in [6.45, 7) is 2.74. The van der Waals surface area contributed by atoms with E-state index < -0.39 is 0 Å². The van der Waals surface area contributed by atoms with Crippen LogP contribution >= 0.6 is 0 Å². The molecule has 25 heavy (non-hydrogen) atoms. The zero-order valence-corrected chi connectivity index (χ0v) is 14.0. The van der Waals surface area contributed by atoms with E-state index in [-0.39, 0.29) is 6.04 Å². The lowest BCUT2D eigenvalue weighted by molar-refractivity contribution is 0.818. The third-order valence-electron chi connectivity index (χ3n) is 4.26. The van der Waals surface area contributed by atoms with Crippen molar-refractivity contribution < 1.29 is 0 Å². The minimum absolute atomic E-state index is 0.0197. The number of benzene rings is 2. The fourth-order valence-electron chi connectivity index (χ4n) is 2.83. The first-order valence-corrected chi connectivity index (χ1v) is 8.28. The van der Waals surface area contributed by atoms with Gasteiger partial charge in [0.05, 0.1) is 6.54 Å². The minimum atomic E-state index is 0.0197. The maximum absolute atomic E-state index is 5.90. The molecule has 1 atom stereocenters. The molecule has 0 aliphatic carbocycles. The lowest BCUT2D eigenvalue weighted by atomic mass is 10.1. The molecule has 2 aromatic carbocycles. The van der Waals surface area contributed by atoms with Crippen LogP contribution < -0.4 is 11.1 Å². The molecule has 0 radical (unpaired) electrons. The second-order valence-electron chi connectivity index (χ2n) is 6.18. The molecule has 0 bridgehead atoms. The van der Waals surface area contributed by atoms with Crippen LogP contribution in [0.5, 0.6) is 0 Å². The molecule has 0 fully saturated rings. The first kappa shape index (κ1) is 15.5. The Balaban J connectivity index is 1.58. The number of nitrogens with two attached hydrogens (primary N) is 1. The fourth-order valence-corrected chi connectivity index (χ4v) is 2.83. The van der Waals surface area contributed by atoms with Gasteiger partial charge in [-0.05, 0) is 41.8 Å². The van der Waals surface area contributed by atoms with Gasteiger partial charge in [0.25, 0.3) is 0 Å². The number of nitrogens with zero attached hydrogens (tertiary/aromatic N) is 3. The minimum Gasteiger partial charge on any atom is -0.340 e. The van der Waals surface area contributed by atoms with Crippen molar-refractivity contribution in [3.63, 3.8) is 0 Å². The lowest BCUT2D eigenvalue weighted by Gasteiger charge is -2.09. The van der Waals surface area contributed by atoms with Crippen LogP contribution in [-0.4, -0.2) is 16.2 Å². The highest BCUT2D eigenvalue weighted by atomic mass is 15.0. The highest BCUT2D eigenvalue weighted by molar-refractivity contribution is 5.86. The molecule has 1 unspecified atom stereocenters. The van der Waals surface area contributed by atoms with E-state index in [1.165, 1.54) is 5.56 Å². The van der Waals surface area contributed by atoms with Gasteiger partial charge in [0, 0.05) is 29.7 Å². The number of hydrogen-bond acceptors (Lipinski definition) is 5. The van der Waals surface area contributed by atoms with Crippen molar-refractivity contribution in [3.8, 4) is 11.4 Å². The molecular weight excluding hydrogens is 310 g/mol. The monoisotopic (exact) mass is 329 g/mol. The van der Waals surface area contributed by atoms with Crippen LogP contribution in [0, 0.1) is 0 Å². The molecule has 1 aliphatic rings. The van der Waals surface area contributed by atoms with Crippen LogP contribution in [0.15, 0.2) is 59.7 Å². The van der Waals surface area contributed by atoms with E-state index in [2.05, 4.69) is 32.4 Å². The summed E-state index contributed by atoms with van der Waals surface area (Å²) in [4.78, 5) is 13.3. The standard InChI is InChI=1S/C20H19N5/c1-13(21)14-2-4-15(5-3-14)20-23-9-8-19(25-20)24-18-7-6-16-11-22-12-17(16)10-18/h2-10,12-13H,11,21H2,1H3,(H,23,24,25).